The highest BCUT2D eigenvalue weighted by molar-refractivity contribution is 6.33. The first-order valence-electron chi connectivity index (χ1n) is 7.93. The maximum atomic E-state index is 12.2. The zero-order valence-electron chi connectivity index (χ0n) is 13.9. The number of rotatable bonds is 6. The lowest BCUT2D eigenvalue weighted by atomic mass is 10.1. The molecule has 2 aromatic rings. The molecule has 0 radical (unpaired) electrons. The summed E-state index contributed by atoms with van der Waals surface area (Å²) in [5.41, 5.74) is 2.42. The van der Waals surface area contributed by atoms with Crippen molar-refractivity contribution in [3.05, 3.63) is 64.7 Å². The van der Waals surface area contributed by atoms with E-state index in [-0.39, 0.29) is 11.8 Å². The Morgan fingerprint density at radius 2 is 1.75 bits per heavy atom. The van der Waals surface area contributed by atoms with Gasteiger partial charge < -0.3 is 10.2 Å². The van der Waals surface area contributed by atoms with E-state index in [1.165, 1.54) is 6.92 Å². The Bertz CT molecular complexity index is 731. The molecule has 0 aliphatic carbocycles. The number of benzene rings is 2. The van der Waals surface area contributed by atoms with Gasteiger partial charge in [0.2, 0.25) is 5.91 Å². The predicted octanol–water partition coefficient (Wildman–Crippen LogP) is 3.69. The first-order valence-corrected chi connectivity index (χ1v) is 8.31. The van der Waals surface area contributed by atoms with Crippen molar-refractivity contribution in [1.82, 2.24) is 5.32 Å². The van der Waals surface area contributed by atoms with E-state index in [1.807, 2.05) is 24.3 Å². The van der Waals surface area contributed by atoms with Gasteiger partial charge in [0.25, 0.3) is 5.91 Å². The third kappa shape index (κ3) is 4.36. The van der Waals surface area contributed by atoms with Gasteiger partial charge in [-0.15, -0.1) is 0 Å². The summed E-state index contributed by atoms with van der Waals surface area (Å²) in [5.74, 6) is -0.296. The molecule has 2 amide bonds. The molecule has 0 aliphatic heterocycles. The lowest BCUT2D eigenvalue weighted by Crippen LogP contribution is -2.38. The molecule has 126 valence electrons. The first kappa shape index (κ1) is 18.0. The normalized spacial score (nSPS) is 10.3. The molecule has 5 heteroatoms. The van der Waals surface area contributed by atoms with Crippen LogP contribution in [0.2, 0.25) is 5.02 Å². The number of nitrogens with one attached hydrogen (secondary N) is 1. The highest BCUT2D eigenvalue weighted by Crippen LogP contribution is 2.21. The van der Waals surface area contributed by atoms with Gasteiger partial charge in [-0.05, 0) is 30.2 Å². The maximum absolute atomic E-state index is 12.2. The second-order valence-corrected chi connectivity index (χ2v) is 5.80. The molecule has 0 fully saturated rings. The maximum Gasteiger partial charge on any atom is 0.252 e. The van der Waals surface area contributed by atoms with Crippen LogP contribution in [0.25, 0.3) is 0 Å². The van der Waals surface area contributed by atoms with Crippen molar-refractivity contribution in [3.63, 3.8) is 0 Å². The van der Waals surface area contributed by atoms with Gasteiger partial charge in [0.05, 0.1) is 10.6 Å². The topological polar surface area (TPSA) is 49.4 Å². The van der Waals surface area contributed by atoms with Gasteiger partial charge >= 0.3 is 0 Å². The molecule has 1 N–H and O–H groups in total. The smallest absolute Gasteiger partial charge is 0.252 e. The van der Waals surface area contributed by atoms with Gasteiger partial charge in [-0.2, -0.15) is 0 Å². The monoisotopic (exact) mass is 344 g/mol. The van der Waals surface area contributed by atoms with Crippen LogP contribution in [-0.4, -0.2) is 24.9 Å². The van der Waals surface area contributed by atoms with Crippen molar-refractivity contribution >= 4 is 29.1 Å². The molecule has 0 saturated heterocycles. The number of amides is 2. The van der Waals surface area contributed by atoms with E-state index in [2.05, 4.69) is 12.2 Å². The Morgan fingerprint density at radius 3 is 2.42 bits per heavy atom. The molecule has 24 heavy (non-hydrogen) atoms. The summed E-state index contributed by atoms with van der Waals surface area (Å²) in [6.07, 6.45) is 0.839. The van der Waals surface area contributed by atoms with Crippen LogP contribution in [0.5, 0.6) is 0 Å². The van der Waals surface area contributed by atoms with Gasteiger partial charge in [-0.1, -0.05) is 48.9 Å². The van der Waals surface area contributed by atoms with E-state index in [0.717, 1.165) is 17.7 Å². The van der Waals surface area contributed by atoms with Gasteiger partial charge in [-0.25, -0.2) is 0 Å². The van der Waals surface area contributed by atoms with Crippen LogP contribution < -0.4 is 10.2 Å². The van der Waals surface area contributed by atoms with Gasteiger partial charge in [0.1, 0.15) is 0 Å². The second kappa shape index (κ2) is 8.50. The average Bonchev–Trinajstić information content (AvgIpc) is 2.58. The Labute approximate surface area is 147 Å². The number of halogens is 1. The van der Waals surface area contributed by atoms with Crippen LogP contribution in [0.15, 0.2) is 48.5 Å². The van der Waals surface area contributed by atoms with Crippen LogP contribution >= 0.6 is 11.6 Å². The van der Waals surface area contributed by atoms with Crippen LogP contribution in [0, 0.1) is 0 Å². The minimum atomic E-state index is -0.243. The first-order chi connectivity index (χ1) is 11.5. The number of aryl methyl sites for hydroxylation is 1. The number of para-hydroxylation sites is 1. The van der Waals surface area contributed by atoms with E-state index in [9.17, 15) is 9.59 Å². The van der Waals surface area contributed by atoms with Crippen molar-refractivity contribution in [2.45, 2.75) is 20.3 Å². The molecule has 0 aliphatic rings. The number of hydrogen-bond donors (Lipinski definition) is 1. The zero-order chi connectivity index (χ0) is 17.5. The molecule has 2 rings (SSSR count). The minimum Gasteiger partial charge on any atom is -0.350 e. The number of carbonyl (C=O) groups excluding carboxylic acids is 2. The standard InChI is InChI=1S/C19H21ClN2O2/c1-3-15-8-4-7-11-18(15)22(14(2)23)13-12-21-19(24)16-9-5-6-10-17(16)20/h4-11H,3,12-13H2,1-2H3,(H,21,24). The largest absolute Gasteiger partial charge is 0.350 e. The fraction of sp³-hybridized carbons (Fsp3) is 0.263. The summed E-state index contributed by atoms with van der Waals surface area (Å²) in [4.78, 5) is 25.9. The summed E-state index contributed by atoms with van der Waals surface area (Å²) in [6, 6.07) is 14.7. The van der Waals surface area contributed by atoms with Crippen LogP contribution in [0.3, 0.4) is 0 Å². The molecule has 0 atom stereocenters. The average molecular weight is 345 g/mol. The summed E-state index contributed by atoms with van der Waals surface area (Å²) < 4.78 is 0. The Kier molecular flexibility index (Phi) is 6.38. The molecule has 0 saturated carbocycles. The van der Waals surface area contributed by atoms with E-state index in [0.29, 0.717) is 23.7 Å². The molecule has 4 nitrogen and oxygen atoms in total. The lowest BCUT2D eigenvalue weighted by molar-refractivity contribution is -0.116. The molecular weight excluding hydrogens is 324 g/mol. The molecule has 0 unspecified atom stereocenters. The van der Waals surface area contributed by atoms with E-state index >= 15 is 0 Å². The summed E-state index contributed by atoms with van der Waals surface area (Å²) in [6.45, 7) is 4.34. The Balaban J connectivity index is 2.04. The number of carbonyl (C=O) groups is 2. The molecular formula is C19H21ClN2O2. The van der Waals surface area contributed by atoms with Crippen molar-refractivity contribution in [1.29, 1.82) is 0 Å². The molecule has 0 bridgehead atoms. The minimum absolute atomic E-state index is 0.0529. The van der Waals surface area contributed by atoms with Crippen molar-refractivity contribution in [3.8, 4) is 0 Å². The van der Waals surface area contributed by atoms with Crippen molar-refractivity contribution in [2.75, 3.05) is 18.0 Å². The van der Waals surface area contributed by atoms with E-state index in [1.54, 1.807) is 29.2 Å². The SMILES string of the molecule is CCc1ccccc1N(CCNC(=O)c1ccccc1Cl)C(C)=O. The van der Waals surface area contributed by atoms with Gasteiger partial charge in [-0.3, -0.25) is 9.59 Å². The predicted molar refractivity (Wildman–Crippen MR) is 97.6 cm³/mol. The third-order valence-electron chi connectivity index (χ3n) is 3.78. The number of nitrogens with zero attached hydrogens (tertiary/aromatic N) is 1. The number of hydrogen-bond acceptors (Lipinski definition) is 2. The van der Waals surface area contributed by atoms with E-state index in [4.69, 9.17) is 11.6 Å². The van der Waals surface area contributed by atoms with Gasteiger partial charge in [0, 0.05) is 25.7 Å². The van der Waals surface area contributed by atoms with Gasteiger partial charge in [0.15, 0.2) is 0 Å². The van der Waals surface area contributed by atoms with E-state index < -0.39 is 0 Å². The lowest BCUT2D eigenvalue weighted by Gasteiger charge is -2.24. The highest BCUT2D eigenvalue weighted by Gasteiger charge is 2.15. The quantitative estimate of drug-likeness (QED) is 0.868. The van der Waals surface area contributed by atoms with Crippen LogP contribution in [0.4, 0.5) is 5.69 Å². The van der Waals surface area contributed by atoms with Crippen LogP contribution in [-0.2, 0) is 11.2 Å². The summed E-state index contributed by atoms with van der Waals surface area (Å²) in [5, 5.41) is 3.23. The molecule has 0 aromatic heterocycles. The van der Waals surface area contributed by atoms with Crippen molar-refractivity contribution < 1.29 is 9.59 Å². The second-order valence-electron chi connectivity index (χ2n) is 5.39. The Morgan fingerprint density at radius 1 is 1.08 bits per heavy atom. The third-order valence-corrected chi connectivity index (χ3v) is 4.11. The number of anilines is 1. The Hall–Kier alpha value is -2.33. The zero-order valence-corrected chi connectivity index (χ0v) is 14.6. The van der Waals surface area contributed by atoms with Crippen molar-refractivity contribution in [2.24, 2.45) is 0 Å². The molecule has 0 spiro atoms. The van der Waals surface area contributed by atoms with Crippen LogP contribution in [0.1, 0.15) is 29.8 Å². The molecule has 0 heterocycles. The summed E-state index contributed by atoms with van der Waals surface area (Å²) in [7, 11) is 0. The fourth-order valence-corrected chi connectivity index (χ4v) is 2.76. The fourth-order valence-electron chi connectivity index (χ4n) is 2.54. The molecule has 2 aromatic carbocycles. The highest BCUT2D eigenvalue weighted by atomic mass is 35.5. The summed E-state index contributed by atoms with van der Waals surface area (Å²) >= 11 is 6.02.